The molecule has 0 amide bonds. The van der Waals surface area contributed by atoms with Gasteiger partial charge in [0.05, 0.1) is 24.7 Å². The Kier molecular flexibility index (Phi) is 3.63. The zero-order chi connectivity index (χ0) is 12.1. The van der Waals surface area contributed by atoms with Crippen LogP contribution in [0.2, 0.25) is 0 Å². The molecule has 0 aliphatic rings. The van der Waals surface area contributed by atoms with Crippen molar-refractivity contribution in [2.75, 3.05) is 0 Å². The Morgan fingerprint density at radius 2 is 1.94 bits per heavy atom. The monoisotopic (exact) mass is 241 g/mol. The molecule has 2 rings (SSSR count). The summed E-state index contributed by atoms with van der Waals surface area (Å²) < 4.78 is 2.35. The summed E-state index contributed by atoms with van der Waals surface area (Å²) in [5.74, 6) is 0. The maximum absolute atomic E-state index is 8.58. The summed E-state index contributed by atoms with van der Waals surface area (Å²) in [6, 6.07) is 15.8. The first-order valence-corrected chi connectivity index (χ1v) is 5.72. The molecule has 0 radical (unpaired) electrons. The number of aromatic nitrogens is 2. The van der Waals surface area contributed by atoms with Crippen molar-refractivity contribution in [3.8, 4) is 17.3 Å². The maximum atomic E-state index is 8.58. The standard InChI is InChI=1S/C13H11N3S/c14-9-4-10-16-13(17)8-7-12(15-16)11-5-2-1-3-6-11/h1-3,5-8H,4,10H2. The summed E-state index contributed by atoms with van der Waals surface area (Å²) in [4.78, 5) is 0. The van der Waals surface area contributed by atoms with Crippen LogP contribution in [0.25, 0.3) is 11.3 Å². The Morgan fingerprint density at radius 3 is 2.65 bits per heavy atom. The molecule has 0 aliphatic heterocycles. The fourth-order valence-electron chi connectivity index (χ4n) is 1.53. The lowest BCUT2D eigenvalue weighted by Gasteiger charge is -2.06. The second-order valence-corrected chi connectivity index (χ2v) is 3.97. The fourth-order valence-corrected chi connectivity index (χ4v) is 1.73. The quantitative estimate of drug-likeness (QED) is 0.775. The van der Waals surface area contributed by atoms with Crippen LogP contribution in [-0.2, 0) is 6.54 Å². The van der Waals surface area contributed by atoms with Crippen LogP contribution >= 0.6 is 12.2 Å². The first-order valence-electron chi connectivity index (χ1n) is 5.32. The molecule has 1 heterocycles. The molecule has 0 unspecified atom stereocenters. The van der Waals surface area contributed by atoms with E-state index in [2.05, 4.69) is 11.2 Å². The van der Waals surface area contributed by atoms with Crippen molar-refractivity contribution in [2.24, 2.45) is 0 Å². The third kappa shape index (κ3) is 2.77. The molecule has 4 heteroatoms. The third-order valence-corrected chi connectivity index (χ3v) is 2.72. The highest BCUT2D eigenvalue weighted by Gasteiger charge is 2.00. The zero-order valence-electron chi connectivity index (χ0n) is 9.21. The summed E-state index contributed by atoms with van der Waals surface area (Å²) in [5.41, 5.74) is 1.92. The van der Waals surface area contributed by atoms with E-state index in [0.29, 0.717) is 17.6 Å². The molecule has 1 aromatic carbocycles. The lowest BCUT2D eigenvalue weighted by atomic mass is 10.1. The van der Waals surface area contributed by atoms with E-state index in [1.165, 1.54) is 0 Å². The van der Waals surface area contributed by atoms with Crippen LogP contribution in [0.3, 0.4) is 0 Å². The van der Waals surface area contributed by atoms with Gasteiger partial charge in [-0.05, 0) is 12.1 Å². The van der Waals surface area contributed by atoms with Crippen molar-refractivity contribution < 1.29 is 0 Å². The van der Waals surface area contributed by atoms with Gasteiger partial charge in [0, 0.05) is 5.56 Å². The Bertz CT molecular complexity index is 596. The minimum absolute atomic E-state index is 0.416. The Morgan fingerprint density at radius 1 is 1.18 bits per heavy atom. The molecule has 2 aromatic rings. The lowest BCUT2D eigenvalue weighted by molar-refractivity contribution is 0.605. The largest absolute Gasteiger partial charge is 0.253 e. The summed E-state index contributed by atoms with van der Waals surface area (Å²) in [6.07, 6.45) is 0.416. The van der Waals surface area contributed by atoms with Gasteiger partial charge in [-0.15, -0.1) is 0 Å². The van der Waals surface area contributed by atoms with Gasteiger partial charge < -0.3 is 0 Å². The normalized spacial score (nSPS) is 9.82. The molecule has 1 aromatic heterocycles. The first kappa shape index (κ1) is 11.5. The molecule has 0 N–H and O–H groups in total. The van der Waals surface area contributed by atoms with Crippen LogP contribution in [-0.4, -0.2) is 9.78 Å². The second kappa shape index (κ2) is 5.37. The van der Waals surface area contributed by atoms with Crippen molar-refractivity contribution in [2.45, 2.75) is 13.0 Å². The summed E-state index contributed by atoms with van der Waals surface area (Å²) in [5, 5.41) is 13.0. The number of nitrogens with zero attached hydrogens (tertiary/aromatic N) is 3. The molecule has 3 nitrogen and oxygen atoms in total. The molecule has 0 saturated heterocycles. The molecule has 17 heavy (non-hydrogen) atoms. The second-order valence-electron chi connectivity index (χ2n) is 3.55. The summed E-state index contributed by atoms with van der Waals surface area (Å²) in [7, 11) is 0. The van der Waals surface area contributed by atoms with E-state index >= 15 is 0 Å². The highest BCUT2D eigenvalue weighted by molar-refractivity contribution is 7.71. The molecule has 0 spiro atoms. The minimum atomic E-state index is 0.416. The van der Waals surface area contributed by atoms with Crippen molar-refractivity contribution in [1.82, 2.24) is 9.78 Å². The Balaban J connectivity index is 2.38. The number of aryl methyl sites for hydroxylation is 1. The van der Waals surface area contributed by atoms with Crippen LogP contribution in [0, 0.1) is 16.0 Å². The van der Waals surface area contributed by atoms with Gasteiger partial charge in [-0.2, -0.15) is 10.4 Å². The van der Waals surface area contributed by atoms with Gasteiger partial charge in [0.2, 0.25) is 0 Å². The van der Waals surface area contributed by atoms with Crippen molar-refractivity contribution in [1.29, 1.82) is 5.26 Å². The lowest BCUT2D eigenvalue weighted by Crippen LogP contribution is -2.05. The Hall–Kier alpha value is -1.99. The van der Waals surface area contributed by atoms with Gasteiger partial charge in [0.1, 0.15) is 4.64 Å². The number of hydrogen-bond acceptors (Lipinski definition) is 3. The molecular formula is C13H11N3S. The van der Waals surface area contributed by atoms with Crippen LogP contribution in [0.4, 0.5) is 0 Å². The maximum Gasteiger partial charge on any atom is 0.122 e. The van der Waals surface area contributed by atoms with Gasteiger partial charge in [-0.3, -0.25) is 4.68 Å². The van der Waals surface area contributed by atoms with Gasteiger partial charge in [-0.1, -0.05) is 42.5 Å². The summed E-state index contributed by atoms with van der Waals surface area (Å²) >= 11 is 5.17. The third-order valence-electron chi connectivity index (χ3n) is 2.37. The van der Waals surface area contributed by atoms with Gasteiger partial charge >= 0.3 is 0 Å². The van der Waals surface area contributed by atoms with Gasteiger partial charge in [-0.25, -0.2) is 0 Å². The van der Waals surface area contributed by atoms with Crippen molar-refractivity contribution in [3.63, 3.8) is 0 Å². The highest BCUT2D eigenvalue weighted by atomic mass is 32.1. The van der Waals surface area contributed by atoms with Crippen LogP contribution in [0.15, 0.2) is 42.5 Å². The average molecular weight is 241 g/mol. The van der Waals surface area contributed by atoms with E-state index in [-0.39, 0.29) is 0 Å². The molecular weight excluding hydrogens is 230 g/mol. The fraction of sp³-hybridized carbons (Fsp3) is 0.154. The van der Waals surface area contributed by atoms with Crippen LogP contribution in [0.1, 0.15) is 6.42 Å². The summed E-state index contributed by atoms with van der Waals surface area (Å²) in [6.45, 7) is 0.538. The van der Waals surface area contributed by atoms with E-state index in [9.17, 15) is 0 Å². The number of benzene rings is 1. The SMILES string of the molecule is N#CCCn1nc(-c2ccccc2)ccc1=S. The molecule has 0 fully saturated rings. The topological polar surface area (TPSA) is 41.6 Å². The number of nitriles is 1. The molecule has 84 valence electrons. The minimum Gasteiger partial charge on any atom is -0.253 e. The molecule has 0 bridgehead atoms. The highest BCUT2D eigenvalue weighted by Crippen LogP contribution is 2.15. The van der Waals surface area contributed by atoms with E-state index in [1.54, 1.807) is 4.68 Å². The number of hydrogen-bond donors (Lipinski definition) is 0. The Labute approximate surface area is 105 Å². The van der Waals surface area contributed by atoms with E-state index < -0.39 is 0 Å². The number of rotatable bonds is 3. The van der Waals surface area contributed by atoms with Crippen LogP contribution in [0.5, 0.6) is 0 Å². The zero-order valence-corrected chi connectivity index (χ0v) is 10.0. The van der Waals surface area contributed by atoms with Gasteiger partial charge in [0.15, 0.2) is 0 Å². The van der Waals surface area contributed by atoms with Crippen molar-refractivity contribution >= 4 is 12.2 Å². The smallest absolute Gasteiger partial charge is 0.122 e. The van der Waals surface area contributed by atoms with Crippen molar-refractivity contribution in [3.05, 3.63) is 47.1 Å². The van der Waals surface area contributed by atoms with Gasteiger partial charge in [0.25, 0.3) is 0 Å². The molecule has 0 aliphatic carbocycles. The first-order chi connectivity index (χ1) is 8.31. The predicted octanol–water partition coefficient (Wildman–Crippen LogP) is 3.19. The predicted molar refractivity (Wildman–Crippen MR) is 68.7 cm³/mol. The molecule has 0 saturated carbocycles. The van der Waals surface area contributed by atoms with E-state index in [4.69, 9.17) is 17.5 Å². The molecule has 0 atom stereocenters. The van der Waals surface area contributed by atoms with E-state index in [0.717, 1.165) is 11.3 Å². The average Bonchev–Trinajstić information content (AvgIpc) is 2.39. The van der Waals surface area contributed by atoms with E-state index in [1.807, 2.05) is 42.5 Å². The van der Waals surface area contributed by atoms with Crippen LogP contribution < -0.4 is 0 Å².